The van der Waals surface area contributed by atoms with Gasteiger partial charge >= 0.3 is 0 Å². The number of benzene rings is 2. The molecule has 0 bridgehead atoms. The third-order valence-corrected chi connectivity index (χ3v) is 3.84. The molecule has 0 saturated heterocycles. The average Bonchev–Trinajstić information content (AvgIpc) is 2.55. The maximum Gasteiger partial charge on any atom is 0.161 e. The molecule has 2 aromatic carbocycles. The predicted molar refractivity (Wildman–Crippen MR) is 87.6 cm³/mol. The minimum atomic E-state index is 0.682. The first-order valence-corrected chi connectivity index (χ1v) is 7.09. The van der Waals surface area contributed by atoms with Crippen LogP contribution in [0.15, 0.2) is 36.5 Å². The van der Waals surface area contributed by atoms with Crippen LogP contribution in [-0.2, 0) is 0 Å². The van der Waals surface area contributed by atoms with Gasteiger partial charge in [-0.2, -0.15) is 0 Å². The summed E-state index contributed by atoms with van der Waals surface area (Å²) in [4.78, 5) is 9.24. The van der Waals surface area contributed by atoms with E-state index in [-0.39, 0.29) is 0 Å². The molecular formula is C18H18N2O2. The van der Waals surface area contributed by atoms with Crippen LogP contribution < -0.4 is 9.47 Å². The minimum Gasteiger partial charge on any atom is -0.493 e. The highest BCUT2D eigenvalue weighted by Gasteiger charge is 2.09. The van der Waals surface area contributed by atoms with Gasteiger partial charge in [0.1, 0.15) is 0 Å². The monoisotopic (exact) mass is 294 g/mol. The first-order valence-electron chi connectivity index (χ1n) is 7.09. The average molecular weight is 294 g/mol. The Labute approximate surface area is 129 Å². The van der Waals surface area contributed by atoms with Crippen LogP contribution >= 0.6 is 0 Å². The number of ether oxygens (including phenoxy) is 2. The van der Waals surface area contributed by atoms with Crippen molar-refractivity contribution in [3.8, 4) is 22.8 Å². The van der Waals surface area contributed by atoms with E-state index >= 15 is 0 Å². The Morgan fingerprint density at radius 3 is 2.18 bits per heavy atom. The first-order chi connectivity index (χ1) is 10.6. The van der Waals surface area contributed by atoms with Crippen molar-refractivity contribution in [1.29, 1.82) is 0 Å². The van der Waals surface area contributed by atoms with Crippen molar-refractivity contribution in [1.82, 2.24) is 9.97 Å². The lowest BCUT2D eigenvalue weighted by Gasteiger charge is -2.10. The maximum atomic E-state index is 5.35. The molecular weight excluding hydrogens is 276 g/mol. The fourth-order valence-corrected chi connectivity index (χ4v) is 2.40. The molecule has 0 aliphatic rings. The molecule has 4 nitrogen and oxygen atoms in total. The number of hydrogen-bond donors (Lipinski definition) is 0. The summed E-state index contributed by atoms with van der Waals surface area (Å²) in [7, 11) is 3.25. The highest BCUT2D eigenvalue weighted by atomic mass is 16.5. The van der Waals surface area contributed by atoms with Crippen molar-refractivity contribution in [3.05, 3.63) is 47.7 Å². The van der Waals surface area contributed by atoms with Crippen molar-refractivity contribution in [2.75, 3.05) is 14.2 Å². The van der Waals surface area contributed by atoms with Gasteiger partial charge in [0.15, 0.2) is 11.5 Å². The fraction of sp³-hybridized carbons (Fsp3) is 0.222. The summed E-state index contributed by atoms with van der Waals surface area (Å²) >= 11 is 0. The Bertz CT molecular complexity index is 844. The zero-order chi connectivity index (χ0) is 15.7. The van der Waals surface area contributed by atoms with E-state index in [1.165, 1.54) is 11.1 Å². The van der Waals surface area contributed by atoms with Gasteiger partial charge in [-0.05, 0) is 55.3 Å². The van der Waals surface area contributed by atoms with Crippen molar-refractivity contribution < 1.29 is 9.47 Å². The lowest BCUT2D eigenvalue weighted by molar-refractivity contribution is 0.355. The standard InChI is InChI=1S/C18H18N2O2/c1-11-7-14-15(8-12(11)2)20-16(10-19-14)13-5-6-17(21-3)18(9-13)22-4/h5-10H,1-4H3. The van der Waals surface area contributed by atoms with Crippen LogP contribution in [0.5, 0.6) is 11.5 Å². The van der Waals surface area contributed by atoms with Crippen molar-refractivity contribution in [2.24, 2.45) is 0 Å². The third-order valence-electron chi connectivity index (χ3n) is 3.84. The SMILES string of the molecule is COc1ccc(-c2cnc3cc(C)c(C)cc3n2)cc1OC. The molecule has 0 atom stereocenters. The van der Waals surface area contributed by atoms with Crippen LogP contribution in [-0.4, -0.2) is 24.2 Å². The molecule has 0 radical (unpaired) electrons. The van der Waals surface area contributed by atoms with Gasteiger partial charge < -0.3 is 9.47 Å². The van der Waals surface area contributed by atoms with E-state index in [0.717, 1.165) is 22.3 Å². The minimum absolute atomic E-state index is 0.682. The Kier molecular flexibility index (Phi) is 3.67. The summed E-state index contributed by atoms with van der Waals surface area (Å²) in [6.45, 7) is 4.16. The third kappa shape index (κ3) is 2.48. The van der Waals surface area contributed by atoms with Gasteiger partial charge in [0, 0.05) is 5.56 Å². The zero-order valence-corrected chi connectivity index (χ0v) is 13.2. The number of hydrogen-bond acceptors (Lipinski definition) is 4. The molecule has 4 heteroatoms. The highest BCUT2D eigenvalue weighted by molar-refractivity contribution is 5.79. The van der Waals surface area contributed by atoms with Gasteiger partial charge in [0.05, 0.1) is 37.1 Å². The van der Waals surface area contributed by atoms with Gasteiger partial charge in [-0.3, -0.25) is 4.98 Å². The lowest BCUT2D eigenvalue weighted by Crippen LogP contribution is -1.93. The second-order valence-electron chi connectivity index (χ2n) is 5.25. The van der Waals surface area contributed by atoms with E-state index in [1.807, 2.05) is 18.2 Å². The van der Waals surface area contributed by atoms with Crippen LogP contribution in [0.25, 0.3) is 22.3 Å². The van der Waals surface area contributed by atoms with Gasteiger partial charge in [-0.1, -0.05) is 0 Å². The molecule has 112 valence electrons. The Morgan fingerprint density at radius 1 is 0.818 bits per heavy atom. The van der Waals surface area contributed by atoms with Gasteiger partial charge in [-0.25, -0.2) is 4.98 Å². The zero-order valence-electron chi connectivity index (χ0n) is 13.2. The summed E-state index contributed by atoms with van der Waals surface area (Å²) < 4.78 is 10.6. The number of aromatic nitrogens is 2. The summed E-state index contributed by atoms with van der Waals surface area (Å²) in [5.41, 5.74) is 6.01. The highest BCUT2D eigenvalue weighted by Crippen LogP contribution is 2.31. The summed E-state index contributed by atoms with van der Waals surface area (Å²) in [6, 6.07) is 9.88. The van der Waals surface area contributed by atoms with Gasteiger partial charge in [0.25, 0.3) is 0 Å². The molecule has 0 unspecified atom stereocenters. The van der Waals surface area contributed by atoms with E-state index in [1.54, 1.807) is 20.4 Å². The van der Waals surface area contributed by atoms with Crippen molar-refractivity contribution in [3.63, 3.8) is 0 Å². The molecule has 0 aliphatic heterocycles. The molecule has 3 aromatic rings. The summed E-state index contributed by atoms with van der Waals surface area (Å²) in [6.07, 6.45) is 1.79. The topological polar surface area (TPSA) is 44.2 Å². The van der Waals surface area contributed by atoms with E-state index in [4.69, 9.17) is 14.5 Å². The Morgan fingerprint density at radius 2 is 1.50 bits per heavy atom. The molecule has 3 rings (SSSR count). The van der Waals surface area contributed by atoms with Crippen molar-refractivity contribution >= 4 is 11.0 Å². The van der Waals surface area contributed by atoms with Crippen LogP contribution in [0, 0.1) is 13.8 Å². The largest absolute Gasteiger partial charge is 0.493 e. The molecule has 22 heavy (non-hydrogen) atoms. The molecule has 0 aliphatic carbocycles. The number of aryl methyl sites for hydroxylation is 2. The molecule has 0 N–H and O–H groups in total. The van der Waals surface area contributed by atoms with E-state index in [9.17, 15) is 0 Å². The smallest absolute Gasteiger partial charge is 0.161 e. The molecule has 0 spiro atoms. The Balaban J connectivity index is 2.12. The summed E-state index contributed by atoms with van der Waals surface area (Å²) in [5, 5.41) is 0. The predicted octanol–water partition coefficient (Wildman–Crippen LogP) is 3.93. The van der Waals surface area contributed by atoms with E-state index < -0.39 is 0 Å². The Hall–Kier alpha value is -2.62. The van der Waals surface area contributed by atoms with E-state index in [2.05, 4.69) is 31.0 Å². The lowest BCUT2D eigenvalue weighted by atomic mass is 10.1. The second-order valence-corrected chi connectivity index (χ2v) is 5.25. The fourth-order valence-electron chi connectivity index (χ4n) is 2.40. The normalized spacial score (nSPS) is 10.7. The molecule has 0 amide bonds. The molecule has 1 heterocycles. The number of fused-ring (bicyclic) bond motifs is 1. The first kappa shape index (κ1) is 14.3. The van der Waals surface area contributed by atoms with Crippen LogP contribution in [0.4, 0.5) is 0 Å². The van der Waals surface area contributed by atoms with Crippen molar-refractivity contribution in [2.45, 2.75) is 13.8 Å². The number of methoxy groups -OCH3 is 2. The molecule has 0 saturated carbocycles. The quantitative estimate of drug-likeness (QED) is 0.734. The van der Waals surface area contributed by atoms with Crippen LogP contribution in [0.3, 0.4) is 0 Å². The van der Waals surface area contributed by atoms with Gasteiger partial charge in [-0.15, -0.1) is 0 Å². The van der Waals surface area contributed by atoms with Gasteiger partial charge in [0.2, 0.25) is 0 Å². The molecule has 0 fully saturated rings. The number of rotatable bonds is 3. The van der Waals surface area contributed by atoms with E-state index in [0.29, 0.717) is 11.5 Å². The number of nitrogens with zero attached hydrogens (tertiary/aromatic N) is 2. The maximum absolute atomic E-state index is 5.35. The summed E-state index contributed by atoms with van der Waals surface area (Å²) in [5.74, 6) is 1.38. The second kappa shape index (κ2) is 5.64. The van der Waals surface area contributed by atoms with Crippen LogP contribution in [0.2, 0.25) is 0 Å². The van der Waals surface area contributed by atoms with Crippen LogP contribution in [0.1, 0.15) is 11.1 Å². The molecule has 1 aromatic heterocycles.